The van der Waals surface area contributed by atoms with Crippen LogP contribution in [0.2, 0.25) is 0 Å². The lowest BCUT2D eigenvalue weighted by atomic mass is 9.85. The van der Waals surface area contributed by atoms with Crippen molar-refractivity contribution in [1.29, 1.82) is 0 Å². The second-order valence-electron chi connectivity index (χ2n) is 5.60. The summed E-state index contributed by atoms with van der Waals surface area (Å²) in [5.41, 5.74) is 1.21. The summed E-state index contributed by atoms with van der Waals surface area (Å²) in [7, 11) is 0. The Balaban J connectivity index is 1.98. The molecule has 0 radical (unpaired) electrons. The van der Waals surface area contributed by atoms with Crippen LogP contribution < -0.4 is 10.6 Å². The zero-order valence-corrected chi connectivity index (χ0v) is 13.9. The minimum atomic E-state index is 0.180. The first-order valence-corrected chi connectivity index (χ1v) is 8.07. The first-order chi connectivity index (χ1) is 9.02. The van der Waals surface area contributed by atoms with Gasteiger partial charge in [-0.15, -0.1) is 0 Å². The number of halogens is 1. The van der Waals surface area contributed by atoms with Crippen molar-refractivity contribution in [2.45, 2.75) is 45.1 Å². The van der Waals surface area contributed by atoms with Gasteiger partial charge in [0.05, 0.1) is 0 Å². The van der Waals surface area contributed by atoms with E-state index in [0.717, 1.165) is 15.3 Å². The third-order valence-corrected chi connectivity index (χ3v) is 4.80. The summed E-state index contributed by atoms with van der Waals surface area (Å²) in [6.07, 6.45) is 5.03. The van der Waals surface area contributed by atoms with Crippen LogP contribution in [0.1, 0.15) is 39.5 Å². The number of nitrogens with one attached hydrogen (secondary N) is 2. The lowest BCUT2D eigenvalue weighted by Crippen LogP contribution is -2.51. The van der Waals surface area contributed by atoms with E-state index in [9.17, 15) is 0 Å². The standard InChI is InChI=1S/C15H21BrN2S/c1-11(2)15(9-3-4-10-15)18-14(19)17-13-7-5-12(16)6-8-13/h5-8,11H,3-4,9-10H2,1-2H3,(H2,17,18,19). The molecule has 0 heterocycles. The Hall–Kier alpha value is -0.610. The molecule has 0 aliphatic heterocycles. The molecule has 2 rings (SSSR count). The van der Waals surface area contributed by atoms with Crippen molar-refractivity contribution in [3.05, 3.63) is 28.7 Å². The number of hydrogen-bond acceptors (Lipinski definition) is 1. The average Bonchev–Trinajstić information content (AvgIpc) is 2.82. The highest BCUT2D eigenvalue weighted by molar-refractivity contribution is 9.10. The number of anilines is 1. The van der Waals surface area contributed by atoms with Gasteiger partial charge in [0.2, 0.25) is 0 Å². The van der Waals surface area contributed by atoms with Crippen LogP contribution in [0.4, 0.5) is 5.69 Å². The SMILES string of the molecule is CC(C)C1(NC(=S)Nc2ccc(Br)cc2)CCCC1. The fraction of sp³-hybridized carbons (Fsp3) is 0.533. The van der Waals surface area contributed by atoms with E-state index in [1.54, 1.807) is 0 Å². The molecule has 0 unspecified atom stereocenters. The number of thiocarbonyl (C=S) groups is 1. The molecule has 1 saturated carbocycles. The minimum Gasteiger partial charge on any atom is -0.357 e. The van der Waals surface area contributed by atoms with Crippen molar-refractivity contribution < 1.29 is 0 Å². The van der Waals surface area contributed by atoms with E-state index in [2.05, 4.69) is 40.4 Å². The predicted octanol–water partition coefficient (Wildman–Crippen LogP) is 4.70. The van der Waals surface area contributed by atoms with Gasteiger partial charge in [-0.05, 0) is 55.2 Å². The van der Waals surface area contributed by atoms with E-state index < -0.39 is 0 Å². The molecule has 0 bridgehead atoms. The maximum Gasteiger partial charge on any atom is 0.171 e. The summed E-state index contributed by atoms with van der Waals surface area (Å²) in [5, 5.41) is 7.57. The van der Waals surface area contributed by atoms with Gasteiger partial charge in [-0.1, -0.05) is 42.6 Å². The Bertz CT molecular complexity index is 436. The van der Waals surface area contributed by atoms with E-state index in [1.807, 2.05) is 24.3 Å². The van der Waals surface area contributed by atoms with Crippen LogP contribution in [0.3, 0.4) is 0 Å². The fourth-order valence-corrected chi connectivity index (χ4v) is 3.36. The van der Waals surface area contributed by atoms with Gasteiger partial charge >= 0.3 is 0 Å². The van der Waals surface area contributed by atoms with Gasteiger partial charge in [0, 0.05) is 15.7 Å². The molecule has 1 aliphatic carbocycles. The lowest BCUT2D eigenvalue weighted by Gasteiger charge is -2.35. The molecule has 104 valence electrons. The summed E-state index contributed by atoms with van der Waals surface area (Å²) < 4.78 is 1.08. The monoisotopic (exact) mass is 340 g/mol. The first kappa shape index (κ1) is 14.8. The summed E-state index contributed by atoms with van der Waals surface area (Å²) in [6.45, 7) is 4.56. The molecule has 0 saturated heterocycles. The van der Waals surface area contributed by atoms with Crippen molar-refractivity contribution in [2.24, 2.45) is 5.92 Å². The Labute approximate surface area is 129 Å². The molecule has 1 aromatic rings. The predicted molar refractivity (Wildman–Crippen MR) is 89.5 cm³/mol. The molecular formula is C15H21BrN2S. The van der Waals surface area contributed by atoms with Gasteiger partial charge in [-0.2, -0.15) is 0 Å². The third-order valence-electron chi connectivity index (χ3n) is 4.07. The van der Waals surface area contributed by atoms with Gasteiger partial charge < -0.3 is 10.6 Å². The number of hydrogen-bond donors (Lipinski definition) is 2. The number of rotatable bonds is 3. The van der Waals surface area contributed by atoms with Gasteiger partial charge in [-0.3, -0.25) is 0 Å². The fourth-order valence-electron chi connectivity index (χ4n) is 2.77. The second kappa shape index (κ2) is 6.23. The van der Waals surface area contributed by atoms with Crippen LogP contribution in [0.5, 0.6) is 0 Å². The highest BCUT2D eigenvalue weighted by atomic mass is 79.9. The van der Waals surface area contributed by atoms with Crippen LogP contribution in [0, 0.1) is 5.92 Å². The van der Waals surface area contributed by atoms with E-state index >= 15 is 0 Å². The highest BCUT2D eigenvalue weighted by Gasteiger charge is 2.37. The summed E-state index contributed by atoms with van der Waals surface area (Å²) in [6, 6.07) is 8.07. The zero-order chi connectivity index (χ0) is 13.9. The first-order valence-electron chi connectivity index (χ1n) is 6.86. The highest BCUT2D eigenvalue weighted by Crippen LogP contribution is 2.35. The van der Waals surface area contributed by atoms with Crippen molar-refractivity contribution in [3.8, 4) is 0 Å². The molecular weight excluding hydrogens is 320 g/mol. The molecule has 0 amide bonds. The topological polar surface area (TPSA) is 24.1 Å². The van der Waals surface area contributed by atoms with Crippen molar-refractivity contribution in [2.75, 3.05) is 5.32 Å². The third kappa shape index (κ3) is 3.69. The minimum absolute atomic E-state index is 0.180. The van der Waals surface area contributed by atoms with Gasteiger partial charge in [0.25, 0.3) is 0 Å². The Morgan fingerprint density at radius 1 is 1.21 bits per heavy atom. The summed E-state index contributed by atoms with van der Waals surface area (Å²) >= 11 is 8.90. The van der Waals surface area contributed by atoms with Crippen molar-refractivity contribution in [3.63, 3.8) is 0 Å². The molecule has 19 heavy (non-hydrogen) atoms. The van der Waals surface area contributed by atoms with Gasteiger partial charge in [0.15, 0.2) is 5.11 Å². The van der Waals surface area contributed by atoms with E-state index in [4.69, 9.17) is 12.2 Å². The van der Waals surface area contributed by atoms with E-state index in [1.165, 1.54) is 25.7 Å². The van der Waals surface area contributed by atoms with Gasteiger partial charge in [0.1, 0.15) is 0 Å². The van der Waals surface area contributed by atoms with Gasteiger partial charge in [-0.25, -0.2) is 0 Å². The van der Waals surface area contributed by atoms with Crippen LogP contribution >= 0.6 is 28.1 Å². The van der Waals surface area contributed by atoms with Crippen LogP contribution in [-0.2, 0) is 0 Å². The van der Waals surface area contributed by atoms with Crippen molar-refractivity contribution >= 4 is 38.9 Å². The molecule has 1 fully saturated rings. The summed E-state index contributed by atoms with van der Waals surface area (Å²) in [5.74, 6) is 0.597. The van der Waals surface area contributed by atoms with Crippen molar-refractivity contribution in [1.82, 2.24) is 5.32 Å². The Kier molecular flexibility index (Phi) is 4.85. The van der Waals surface area contributed by atoms with Crippen LogP contribution in [0.25, 0.3) is 0 Å². The maximum atomic E-state index is 5.46. The molecule has 2 N–H and O–H groups in total. The molecule has 2 nitrogen and oxygen atoms in total. The molecule has 4 heteroatoms. The molecule has 1 aromatic carbocycles. The zero-order valence-electron chi connectivity index (χ0n) is 11.5. The summed E-state index contributed by atoms with van der Waals surface area (Å²) in [4.78, 5) is 0. The molecule has 1 aliphatic rings. The Morgan fingerprint density at radius 3 is 2.32 bits per heavy atom. The molecule has 0 atom stereocenters. The van der Waals surface area contributed by atoms with E-state index in [-0.39, 0.29) is 5.54 Å². The number of benzene rings is 1. The van der Waals surface area contributed by atoms with Crippen LogP contribution in [-0.4, -0.2) is 10.7 Å². The molecule has 0 spiro atoms. The molecule has 0 aromatic heterocycles. The van der Waals surface area contributed by atoms with E-state index in [0.29, 0.717) is 5.92 Å². The Morgan fingerprint density at radius 2 is 1.79 bits per heavy atom. The quantitative estimate of drug-likeness (QED) is 0.779. The smallest absolute Gasteiger partial charge is 0.171 e. The normalized spacial score (nSPS) is 17.5. The largest absolute Gasteiger partial charge is 0.357 e. The van der Waals surface area contributed by atoms with Crippen LogP contribution in [0.15, 0.2) is 28.7 Å². The lowest BCUT2D eigenvalue weighted by molar-refractivity contribution is 0.283. The maximum absolute atomic E-state index is 5.46. The average molecular weight is 341 g/mol. The second-order valence-corrected chi connectivity index (χ2v) is 6.93.